The minimum Gasteiger partial charge on any atom is -0.481 e. The summed E-state index contributed by atoms with van der Waals surface area (Å²) >= 11 is 5.95. The minimum atomic E-state index is -0.559. The molecule has 0 fully saturated rings. The lowest BCUT2D eigenvalue weighted by Crippen LogP contribution is -1.98. The van der Waals surface area contributed by atoms with Crippen molar-refractivity contribution in [3.63, 3.8) is 0 Å². The van der Waals surface area contributed by atoms with Gasteiger partial charge in [-0.05, 0) is 42.0 Å². The maximum absolute atomic E-state index is 13.6. The van der Waals surface area contributed by atoms with Gasteiger partial charge in [-0.2, -0.15) is 0 Å². The Morgan fingerprint density at radius 2 is 1.71 bits per heavy atom. The van der Waals surface area contributed by atoms with Gasteiger partial charge in [-0.1, -0.05) is 17.7 Å². The quantitative estimate of drug-likeness (QED) is 0.488. The van der Waals surface area contributed by atoms with Gasteiger partial charge in [0.15, 0.2) is 5.58 Å². The standard InChI is InChI=1S/C20H14ClF2N3O2/c1-27-20-14(10-4-7-13(23)12(21)8-10)15-16(24)19(25)28-18(15)17(26-20)9-2-5-11(22)6-3-9/h2-8H,24-25H2,1H3. The van der Waals surface area contributed by atoms with Crippen LogP contribution in [0, 0.1) is 11.6 Å². The molecule has 2 aromatic carbocycles. The van der Waals surface area contributed by atoms with E-state index in [0.717, 1.165) is 0 Å². The lowest BCUT2D eigenvalue weighted by atomic mass is 9.99. The monoisotopic (exact) mass is 401 g/mol. The van der Waals surface area contributed by atoms with Crippen LogP contribution in [0.15, 0.2) is 46.9 Å². The third-order valence-electron chi connectivity index (χ3n) is 4.39. The summed E-state index contributed by atoms with van der Waals surface area (Å²) in [6.45, 7) is 0. The molecule has 0 spiro atoms. The first-order valence-electron chi connectivity index (χ1n) is 8.17. The molecule has 0 radical (unpaired) electrons. The number of rotatable bonds is 3. The molecular weight excluding hydrogens is 388 g/mol. The van der Waals surface area contributed by atoms with E-state index in [9.17, 15) is 8.78 Å². The number of hydrogen-bond acceptors (Lipinski definition) is 5. The van der Waals surface area contributed by atoms with E-state index in [2.05, 4.69) is 4.98 Å². The number of nitrogens with zero attached hydrogens (tertiary/aromatic N) is 1. The van der Waals surface area contributed by atoms with E-state index in [0.29, 0.717) is 33.4 Å². The van der Waals surface area contributed by atoms with Crippen molar-refractivity contribution in [1.29, 1.82) is 0 Å². The van der Waals surface area contributed by atoms with E-state index in [1.54, 1.807) is 12.1 Å². The number of fused-ring (bicyclic) bond motifs is 1. The number of aromatic nitrogens is 1. The van der Waals surface area contributed by atoms with Crippen molar-refractivity contribution in [3.05, 3.63) is 59.1 Å². The maximum Gasteiger partial charge on any atom is 0.222 e. The number of ether oxygens (including phenoxy) is 1. The number of nitrogens with two attached hydrogens (primary N) is 2. The highest BCUT2D eigenvalue weighted by Crippen LogP contribution is 2.46. The molecule has 0 saturated carbocycles. The van der Waals surface area contributed by atoms with Crippen LogP contribution in [0.25, 0.3) is 33.4 Å². The van der Waals surface area contributed by atoms with Gasteiger partial charge >= 0.3 is 0 Å². The molecule has 0 saturated heterocycles. The number of benzene rings is 2. The molecule has 4 N–H and O–H groups in total. The predicted octanol–water partition coefficient (Wildman–Crippen LogP) is 5.27. The molecule has 0 amide bonds. The summed E-state index contributed by atoms with van der Waals surface area (Å²) < 4.78 is 38.1. The third kappa shape index (κ3) is 2.80. The number of furan rings is 1. The first-order valence-corrected chi connectivity index (χ1v) is 8.55. The number of nitrogen functional groups attached to an aromatic ring is 2. The van der Waals surface area contributed by atoms with Gasteiger partial charge in [0.2, 0.25) is 11.8 Å². The van der Waals surface area contributed by atoms with Crippen LogP contribution in [0.1, 0.15) is 0 Å². The minimum absolute atomic E-state index is 0.00266. The summed E-state index contributed by atoms with van der Waals surface area (Å²) in [4.78, 5) is 4.52. The summed E-state index contributed by atoms with van der Waals surface area (Å²) in [5.41, 5.74) is 14.5. The first-order chi connectivity index (χ1) is 13.4. The molecule has 0 bridgehead atoms. The Morgan fingerprint density at radius 3 is 2.36 bits per heavy atom. The van der Waals surface area contributed by atoms with Crippen LogP contribution in [-0.4, -0.2) is 12.1 Å². The molecule has 0 aliphatic carbocycles. The average Bonchev–Trinajstić information content (AvgIpc) is 2.98. The summed E-state index contributed by atoms with van der Waals surface area (Å²) in [6.07, 6.45) is 0. The normalized spacial score (nSPS) is 11.1. The number of pyridine rings is 1. The average molecular weight is 402 g/mol. The van der Waals surface area contributed by atoms with Gasteiger partial charge in [0, 0.05) is 5.56 Å². The zero-order chi connectivity index (χ0) is 20.0. The molecule has 0 atom stereocenters. The summed E-state index contributed by atoms with van der Waals surface area (Å²) in [5.74, 6) is -0.732. The second kappa shape index (κ2) is 6.69. The van der Waals surface area contributed by atoms with Crippen molar-refractivity contribution in [2.75, 3.05) is 18.6 Å². The fourth-order valence-electron chi connectivity index (χ4n) is 3.06. The van der Waals surface area contributed by atoms with Crippen LogP contribution in [0.5, 0.6) is 5.88 Å². The second-order valence-corrected chi connectivity index (χ2v) is 6.47. The largest absolute Gasteiger partial charge is 0.481 e. The van der Waals surface area contributed by atoms with Gasteiger partial charge in [-0.25, -0.2) is 13.8 Å². The molecular formula is C20H14ClF2N3O2. The van der Waals surface area contributed by atoms with E-state index in [1.807, 2.05) is 0 Å². The number of hydrogen-bond donors (Lipinski definition) is 2. The fourth-order valence-corrected chi connectivity index (χ4v) is 3.24. The fraction of sp³-hybridized carbons (Fsp3) is 0.0500. The summed E-state index contributed by atoms with van der Waals surface area (Å²) in [5, 5.41) is 0.386. The molecule has 0 unspecified atom stereocenters. The zero-order valence-corrected chi connectivity index (χ0v) is 15.3. The van der Waals surface area contributed by atoms with Crippen LogP contribution in [0.4, 0.5) is 20.4 Å². The SMILES string of the molecule is COc1nc(-c2ccc(F)cc2)c2oc(N)c(N)c2c1-c1ccc(F)c(Cl)c1. The van der Waals surface area contributed by atoms with Crippen molar-refractivity contribution in [1.82, 2.24) is 4.98 Å². The third-order valence-corrected chi connectivity index (χ3v) is 4.68. The predicted molar refractivity (Wildman–Crippen MR) is 105 cm³/mol. The highest BCUT2D eigenvalue weighted by atomic mass is 35.5. The van der Waals surface area contributed by atoms with E-state index >= 15 is 0 Å². The zero-order valence-electron chi connectivity index (χ0n) is 14.6. The molecule has 142 valence electrons. The Labute approximate surface area is 163 Å². The van der Waals surface area contributed by atoms with Crippen molar-refractivity contribution in [3.8, 4) is 28.3 Å². The van der Waals surface area contributed by atoms with Crippen molar-refractivity contribution in [2.24, 2.45) is 0 Å². The molecule has 2 aromatic heterocycles. The van der Waals surface area contributed by atoms with Gasteiger partial charge in [-0.3, -0.25) is 0 Å². The van der Waals surface area contributed by atoms with Crippen molar-refractivity contribution in [2.45, 2.75) is 0 Å². The van der Waals surface area contributed by atoms with Crippen molar-refractivity contribution < 1.29 is 17.9 Å². The topological polar surface area (TPSA) is 87.3 Å². The van der Waals surface area contributed by atoms with E-state index in [-0.39, 0.29) is 28.3 Å². The highest BCUT2D eigenvalue weighted by molar-refractivity contribution is 6.31. The Kier molecular flexibility index (Phi) is 4.31. The Bertz CT molecular complexity index is 1210. The Hall–Kier alpha value is -3.32. The molecule has 4 rings (SSSR count). The van der Waals surface area contributed by atoms with E-state index in [1.165, 1.54) is 37.4 Å². The smallest absolute Gasteiger partial charge is 0.222 e. The van der Waals surface area contributed by atoms with Crippen LogP contribution in [-0.2, 0) is 0 Å². The Morgan fingerprint density at radius 1 is 1.04 bits per heavy atom. The van der Waals surface area contributed by atoms with Gasteiger partial charge in [0.05, 0.1) is 23.1 Å². The van der Waals surface area contributed by atoms with Crippen LogP contribution < -0.4 is 16.2 Å². The van der Waals surface area contributed by atoms with E-state index < -0.39 is 5.82 Å². The van der Waals surface area contributed by atoms with Gasteiger partial charge < -0.3 is 20.6 Å². The first kappa shape index (κ1) is 18.1. The van der Waals surface area contributed by atoms with Crippen LogP contribution in [0.3, 0.4) is 0 Å². The molecule has 0 aliphatic rings. The lowest BCUT2D eigenvalue weighted by Gasteiger charge is -2.13. The van der Waals surface area contributed by atoms with Crippen LogP contribution >= 0.6 is 11.6 Å². The Balaban J connectivity index is 2.10. The number of methoxy groups -OCH3 is 1. The second-order valence-electron chi connectivity index (χ2n) is 6.06. The molecule has 5 nitrogen and oxygen atoms in total. The lowest BCUT2D eigenvalue weighted by molar-refractivity contribution is 0.400. The number of anilines is 2. The number of halogens is 3. The van der Waals surface area contributed by atoms with Gasteiger partial charge in [-0.15, -0.1) is 0 Å². The highest BCUT2D eigenvalue weighted by Gasteiger charge is 2.24. The molecule has 0 aliphatic heterocycles. The summed E-state index contributed by atoms with van der Waals surface area (Å²) in [6, 6.07) is 9.92. The molecule has 2 heterocycles. The molecule has 8 heteroatoms. The maximum atomic E-state index is 13.6. The van der Waals surface area contributed by atoms with E-state index in [4.69, 9.17) is 32.2 Å². The van der Waals surface area contributed by atoms with Crippen LogP contribution in [0.2, 0.25) is 5.02 Å². The molecule has 28 heavy (non-hydrogen) atoms. The molecule has 4 aromatic rings. The van der Waals surface area contributed by atoms with Crippen molar-refractivity contribution >= 4 is 34.1 Å². The summed E-state index contributed by atoms with van der Waals surface area (Å²) in [7, 11) is 1.44. The van der Waals surface area contributed by atoms with Gasteiger partial charge in [0.1, 0.15) is 23.0 Å². The van der Waals surface area contributed by atoms with Gasteiger partial charge in [0.25, 0.3) is 0 Å².